The van der Waals surface area contributed by atoms with E-state index in [4.69, 9.17) is 5.26 Å². The van der Waals surface area contributed by atoms with Gasteiger partial charge in [0.05, 0.1) is 5.56 Å². The smallest absolute Gasteiger partial charge is 0.140 e. The number of pyridine rings is 1. The molecule has 1 N–H and O–H groups in total. The normalized spacial score (nSPS) is 10.1. The van der Waals surface area contributed by atoms with Crippen LogP contribution in [0, 0.1) is 17.1 Å². The van der Waals surface area contributed by atoms with E-state index in [1.807, 2.05) is 24.4 Å². The maximum atomic E-state index is 13.1. The number of aromatic nitrogens is 1. The highest BCUT2D eigenvalue weighted by Gasteiger charge is 2.02. The van der Waals surface area contributed by atoms with Gasteiger partial charge >= 0.3 is 0 Å². The van der Waals surface area contributed by atoms with Crippen LogP contribution < -0.4 is 5.32 Å². The fourth-order valence-corrected chi connectivity index (χ4v) is 1.78. The molecule has 0 saturated carbocycles. The predicted molar refractivity (Wildman–Crippen MR) is 70.8 cm³/mol. The third-order valence-electron chi connectivity index (χ3n) is 2.79. The summed E-state index contributed by atoms with van der Waals surface area (Å²) in [5.74, 6) is -0.471. The van der Waals surface area contributed by atoms with E-state index in [1.54, 1.807) is 18.3 Å². The molecular formula is C15H14FN3. The van der Waals surface area contributed by atoms with Crippen LogP contribution in [0.1, 0.15) is 16.7 Å². The van der Waals surface area contributed by atoms with Gasteiger partial charge in [-0.1, -0.05) is 12.1 Å². The first kappa shape index (κ1) is 13.2. The number of nitriles is 1. The molecule has 0 saturated heterocycles. The lowest BCUT2D eigenvalue weighted by Crippen LogP contribution is -2.16. The van der Waals surface area contributed by atoms with Gasteiger partial charge in [0, 0.05) is 18.9 Å². The van der Waals surface area contributed by atoms with Crippen molar-refractivity contribution in [2.75, 3.05) is 6.54 Å². The molecule has 0 amide bonds. The van der Waals surface area contributed by atoms with Gasteiger partial charge in [-0.15, -0.1) is 0 Å². The molecule has 0 unspecified atom stereocenters. The lowest BCUT2D eigenvalue weighted by Gasteiger charge is -2.05. The molecule has 0 fully saturated rings. The molecular weight excluding hydrogens is 241 g/mol. The molecule has 19 heavy (non-hydrogen) atoms. The predicted octanol–water partition coefficient (Wildman–Crippen LogP) is 2.42. The van der Waals surface area contributed by atoms with Crippen LogP contribution in [0.3, 0.4) is 0 Å². The number of rotatable bonds is 5. The Morgan fingerprint density at radius 3 is 2.89 bits per heavy atom. The zero-order valence-electron chi connectivity index (χ0n) is 10.4. The molecule has 0 aliphatic heterocycles. The average Bonchev–Trinajstić information content (AvgIpc) is 2.46. The van der Waals surface area contributed by atoms with E-state index in [2.05, 4.69) is 10.3 Å². The lowest BCUT2D eigenvalue weighted by atomic mass is 10.1. The Labute approximate surface area is 111 Å². The summed E-state index contributed by atoms with van der Waals surface area (Å²) in [6.07, 6.45) is 4.48. The summed E-state index contributed by atoms with van der Waals surface area (Å²) in [5, 5.41) is 12.0. The van der Waals surface area contributed by atoms with Gasteiger partial charge in [0.15, 0.2) is 0 Å². The van der Waals surface area contributed by atoms with E-state index in [9.17, 15) is 4.39 Å². The van der Waals surface area contributed by atoms with Crippen molar-refractivity contribution in [3.63, 3.8) is 0 Å². The topological polar surface area (TPSA) is 48.7 Å². The molecule has 0 radical (unpaired) electrons. The number of hydrogen-bond acceptors (Lipinski definition) is 3. The summed E-state index contributed by atoms with van der Waals surface area (Å²) in [7, 11) is 0. The van der Waals surface area contributed by atoms with Crippen molar-refractivity contribution < 1.29 is 4.39 Å². The number of benzene rings is 1. The molecule has 2 aromatic rings. The van der Waals surface area contributed by atoms with Crippen LogP contribution in [-0.4, -0.2) is 11.5 Å². The van der Waals surface area contributed by atoms with Gasteiger partial charge in [-0.2, -0.15) is 5.26 Å². The van der Waals surface area contributed by atoms with Crippen molar-refractivity contribution in [3.8, 4) is 6.07 Å². The van der Waals surface area contributed by atoms with Crippen molar-refractivity contribution in [2.24, 2.45) is 0 Å². The molecule has 0 atom stereocenters. The summed E-state index contributed by atoms with van der Waals surface area (Å²) in [6, 6.07) is 10.4. The van der Waals surface area contributed by atoms with Crippen molar-refractivity contribution >= 4 is 0 Å². The molecule has 0 aliphatic rings. The molecule has 0 aliphatic carbocycles. The van der Waals surface area contributed by atoms with E-state index in [-0.39, 0.29) is 5.56 Å². The van der Waals surface area contributed by atoms with Gasteiger partial charge in [0.1, 0.15) is 11.9 Å². The van der Waals surface area contributed by atoms with Crippen LogP contribution in [0.15, 0.2) is 42.7 Å². The second-order valence-corrected chi connectivity index (χ2v) is 4.21. The minimum absolute atomic E-state index is 0.0894. The standard InChI is InChI=1S/C15H14FN3/c16-15-4-3-13(8-14(15)9-17)11-19-7-5-12-2-1-6-18-10-12/h1-4,6,8,10,19H,5,7,11H2. The van der Waals surface area contributed by atoms with E-state index < -0.39 is 5.82 Å². The minimum atomic E-state index is -0.471. The fraction of sp³-hybridized carbons (Fsp3) is 0.200. The molecule has 1 aromatic carbocycles. The third kappa shape index (κ3) is 3.87. The summed E-state index contributed by atoms with van der Waals surface area (Å²) in [4.78, 5) is 4.05. The first-order chi connectivity index (χ1) is 9.29. The summed E-state index contributed by atoms with van der Waals surface area (Å²) >= 11 is 0. The fourth-order valence-electron chi connectivity index (χ4n) is 1.78. The van der Waals surface area contributed by atoms with Crippen molar-refractivity contribution in [3.05, 3.63) is 65.2 Å². The minimum Gasteiger partial charge on any atom is -0.312 e. The molecule has 0 spiro atoms. The number of nitrogens with zero attached hydrogens (tertiary/aromatic N) is 2. The molecule has 1 heterocycles. The summed E-state index contributed by atoms with van der Waals surface area (Å²) in [5.41, 5.74) is 2.17. The van der Waals surface area contributed by atoms with Crippen molar-refractivity contribution in [2.45, 2.75) is 13.0 Å². The highest BCUT2D eigenvalue weighted by Crippen LogP contribution is 2.09. The molecule has 96 valence electrons. The van der Waals surface area contributed by atoms with Crippen LogP contribution in [0.2, 0.25) is 0 Å². The largest absolute Gasteiger partial charge is 0.312 e. The second-order valence-electron chi connectivity index (χ2n) is 4.21. The SMILES string of the molecule is N#Cc1cc(CNCCc2cccnc2)ccc1F. The van der Waals surface area contributed by atoms with Crippen LogP contribution in [-0.2, 0) is 13.0 Å². The number of nitrogens with one attached hydrogen (secondary N) is 1. The maximum Gasteiger partial charge on any atom is 0.140 e. The summed E-state index contributed by atoms with van der Waals surface area (Å²) in [6.45, 7) is 1.43. The Morgan fingerprint density at radius 2 is 2.16 bits per heavy atom. The number of hydrogen-bond donors (Lipinski definition) is 1. The van der Waals surface area contributed by atoms with E-state index >= 15 is 0 Å². The van der Waals surface area contributed by atoms with Crippen molar-refractivity contribution in [1.82, 2.24) is 10.3 Å². The van der Waals surface area contributed by atoms with Crippen molar-refractivity contribution in [1.29, 1.82) is 5.26 Å². The Hall–Kier alpha value is -2.25. The van der Waals surface area contributed by atoms with Gasteiger partial charge < -0.3 is 5.32 Å². The lowest BCUT2D eigenvalue weighted by molar-refractivity contribution is 0.621. The van der Waals surface area contributed by atoms with Gasteiger partial charge in [-0.25, -0.2) is 4.39 Å². The Bertz CT molecular complexity index is 576. The van der Waals surface area contributed by atoms with Gasteiger partial charge in [-0.3, -0.25) is 4.98 Å². The summed E-state index contributed by atoms with van der Waals surface area (Å²) < 4.78 is 13.1. The molecule has 3 nitrogen and oxygen atoms in total. The zero-order valence-corrected chi connectivity index (χ0v) is 10.4. The maximum absolute atomic E-state index is 13.1. The third-order valence-corrected chi connectivity index (χ3v) is 2.79. The Kier molecular flexibility index (Phi) is 4.60. The molecule has 1 aromatic heterocycles. The molecule has 2 rings (SSSR count). The average molecular weight is 255 g/mol. The Morgan fingerprint density at radius 1 is 1.26 bits per heavy atom. The zero-order chi connectivity index (χ0) is 13.5. The van der Waals surface area contributed by atoms with E-state index in [0.29, 0.717) is 6.54 Å². The van der Waals surface area contributed by atoms with Gasteiger partial charge in [0.2, 0.25) is 0 Å². The highest BCUT2D eigenvalue weighted by atomic mass is 19.1. The molecule has 0 bridgehead atoms. The van der Waals surface area contributed by atoms with Crippen LogP contribution in [0.4, 0.5) is 4.39 Å². The first-order valence-corrected chi connectivity index (χ1v) is 6.08. The van der Waals surface area contributed by atoms with Crippen LogP contribution >= 0.6 is 0 Å². The quantitative estimate of drug-likeness (QED) is 0.835. The van der Waals surface area contributed by atoms with E-state index in [1.165, 1.54) is 11.6 Å². The van der Waals surface area contributed by atoms with Gasteiger partial charge in [-0.05, 0) is 42.3 Å². The number of halogens is 1. The monoisotopic (exact) mass is 255 g/mol. The van der Waals surface area contributed by atoms with Crippen LogP contribution in [0.5, 0.6) is 0 Å². The Balaban J connectivity index is 1.82. The first-order valence-electron chi connectivity index (χ1n) is 6.08. The van der Waals surface area contributed by atoms with Gasteiger partial charge in [0.25, 0.3) is 0 Å². The highest BCUT2D eigenvalue weighted by molar-refractivity contribution is 5.34. The second kappa shape index (κ2) is 6.62. The van der Waals surface area contributed by atoms with Crippen LogP contribution in [0.25, 0.3) is 0 Å². The van der Waals surface area contributed by atoms with E-state index in [0.717, 1.165) is 18.5 Å². The molecule has 4 heteroatoms.